The number of carbonyl (C=O) groups excluding carboxylic acids is 1. The van der Waals surface area contributed by atoms with Crippen LogP contribution in [-0.4, -0.2) is 17.9 Å². The first kappa shape index (κ1) is 15.6. The van der Waals surface area contributed by atoms with Gasteiger partial charge in [-0.1, -0.05) is 29.3 Å². The zero-order chi connectivity index (χ0) is 15.4. The predicted molar refractivity (Wildman–Crippen MR) is 86.1 cm³/mol. The van der Waals surface area contributed by atoms with Crippen LogP contribution in [-0.2, 0) is 0 Å². The summed E-state index contributed by atoms with van der Waals surface area (Å²) in [4.78, 5) is 16.3. The first-order chi connectivity index (χ1) is 10.0. The Bertz CT molecular complexity index is 661. The smallest absolute Gasteiger partial charge is 0.251 e. The van der Waals surface area contributed by atoms with Crippen molar-refractivity contribution in [3.05, 3.63) is 57.7 Å². The molecule has 0 radical (unpaired) electrons. The Kier molecular flexibility index (Phi) is 5.04. The lowest BCUT2D eigenvalue weighted by atomic mass is 10.1. The van der Waals surface area contributed by atoms with Gasteiger partial charge in [0.05, 0.1) is 6.04 Å². The second-order valence-electron chi connectivity index (χ2n) is 4.54. The average molecular weight is 324 g/mol. The number of hydrogen-bond acceptors (Lipinski definition) is 3. The van der Waals surface area contributed by atoms with Gasteiger partial charge in [-0.2, -0.15) is 0 Å². The molecule has 1 unspecified atom stereocenters. The number of rotatable bonds is 4. The highest BCUT2D eigenvalue weighted by atomic mass is 35.5. The number of nitrogens with one attached hydrogen (secondary N) is 2. The highest BCUT2D eigenvalue weighted by Gasteiger charge is 2.14. The summed E-state index contributed by atoms with van der Waals surface area (Å²) in [5, 5.41) is 6.89. The van der Waals surface area contributed by atoms with Crippen molar-refractivity contribution in [1.29, 1.82) is 0 Å². The molecule has 0 aliphatic carbocycles. The Hall–Kier alpha value is -1.78. The first-order valence-electron chi connectivity index (χ1n) is 6.41. The second kappa shape index (κ2) is 6.78. The molecule has 2 aromatic rings. The molecule has 0 bridgehead atoms. The quantitative estimate of drug-likeness (QED) is 0.896. The fraction of sp³-hybridized carbons (Fsp3) is 0.200. The third kappa shape index (κ3) is 3.86. The molecule has 21 heavy (non-hydrogen) atoms. The van der Waals surface area contributed by atoms with Crippen LogP contribution < -0.4 is 10.6 Å². The summed E-state index contributed by atoms with van der Waals surface area (Å²) in [6.07, 6.45) is 1.58. The van der Waals surface area contributed by atoms with Crippen LogP contribution >= 0.6 is 23.2 Å². The van der Waals surface area contributed by atoms with Crippen LogP contribution in [0.3, 0.4) is 0 Å². The van der Waals surface area contributed by atoms with Crippen molar-refractivity contribution in [3.63, 3.8) is 0 Å². The average Bonchev–Trinajstić information content (AvgIpc) is 2.47. The number of amides is 1. The predicted octanol–water partition coefficient (Wildman–Crippen LogP) is 3.92. The molecule has 0 spiro atoms. The Morgan fingerprint density at radius 2 is 2.00 bits per heavy atom. The summed E-state index contributed by atoms with van der Waals surface area (Å²) < 4.78 is 0. The van der Waals surface area contributed by atoms with Crippen LogP contribution in [0.1, 0.15) is 28.9 Å². The Morgan fingerprint density at radius 3 is 2.67 bits per heavy atom. The zero-order valence-corrected chi connectivity index (χ0v) is 13.2. The van der Waals surface area contributed by atoms with E-state index in [2.05, 4.69) is 15.6 Å². The van der Waals surface area contributed by atoms with Gasteiger partial charge in [-0.15, -0.1) is 0 Å². The molecule has 6 heteroatoms. The van der Waals surface area contributed by atoms with E-state index in [4.69, 9.17) is 23.2 Å². The third-order valence-corrected chi connectivity index (χ3v) is 3.62. The van der Waals surface area contributed by atoms with Crippen LogP contribution in [0.4, 0.5) is 5.82 Å². The van der Waals surface area contributed by atoms with Crippen molar-refractivity contribution in [2.45, 2.75) is 13.0 Å². The number of halogens is 2. The Labute approximate surface area is 133 Å². The van der Waals surface area contributed by atoms with Crippen molar-refractivity contribution < 1.29 is 4.79 Å². The molecular weight excluding hydrogens is 309 g/mol. The van der Waals surface area contributed by atoms with Crippen molar-refractivity contribution >= 4 is 34.9 Å². The van der Waals surface area contributed by atoms with E-state index in [1.807, 2.05) is 6.92 Å². The van der Waals surface area contributed by atoms with Crippen molar-refractivity contribution in [2.24, 2.45) is 0 Å². The van der Waals surface area contributed by atoms with Gasteiger partial charge in [0.2, 0.25) is 0 Å². The topological polar surface area (TPSA) is 54.0 Å². The minimum atomic E-state index is -0.228. The molecule has 1 heterocycles. The maximum absolute atomic E-state index is 12.2. The van der Waals surface area contributed by atoms with Gasteiger partial charge in [0.15, 0.2) is 0 Å². The number of aromatic nitrogens is 1. The first-order valence-corrected chi connectivity index (χ1v) is 7.16. The lowest BCUT2D eigenvalue weighted by Crippen LogP contribution is -2.27. The molecule has 1 atom stereocenters. The molecule has 0 fully saturated rings. The van der Waals surface area contributed by atoms with Crippen molar-refractivity contribution in [1.82, 2.24) is 10.3 Å². The Balaban J connectivity index is 2.14. The molecule has 1 aromatic carbocycles. The molecule has 4 nitrogen and oxygen atoms in total. The van der Waals surface area contributed by atoms with Gasteiger partial charge < -0.3 is 10.6 Å². The minimum absolute atomic E-state index is 0.188. The summed E-state index contributed by atoms with van der Waals surface area (Å²) >= 11 is 12.0. The summed E-state index contributed by atoms with van der Waals surface area (Å²) in [6.45, 7) is 1.87. The maximum Gasteiger partial charge on any atom is 0.251 e. The highest BCUT2D eigenvalue weighted by Crippen LogP contribution is 2.26. The van der Waals surface area contributed by atoms with Gasteiger partial charge in [0.1, 0.15) is 5.82 Å². The van der Waals surface area contributed by atoms with Gasteiger partial charge in [0, 0.05) is 28.9 Å². The SMILES string of the molecule is CNc1cc(C(=O)NC(C)c2ccc(Cl)cc2Cl)ccn1. The van der Waals surface area contributed by atoms with E-state index in [-0.39, 0.29) is 11.9 Å². The van der Waals surface area contributed by atoms with Gasteiger partial charge in [-0.3, -0.25) is 4.79 Å². The van der Waals surface area contributed by atoms with Crippen LogP contribution in [0, 0.1) is 0 Å². The monoisotopic (exact) mass is 323 g/mol. The van der Waals surface area contributed by atoms with Crippen molar-refractivity contribution in [3.8, 4) is 0 Å². The zero-order valence-electron chi connectivity index (χ0n) is 11.7. The van der Waals surface area contributed by atoms with E-state index >= 15 is 0 Å². The van der Waals surface area contributed by atoms with E-state index in [9.17, 15) is 4.79 Å². The molecule has 1 amide bonds. The fourth-order valence-electron chi connectivity index (χ4n) is 1.92. The van der Waals surface area contributed by atoms with E-state index in [1.54, 1.807) is 43.6 Å². The van der Waals surface area contributed by atoms with Gasteiger partial charge in [-0.05, 0) is 36.8 Å². The lowest BCUT2D eigenvalue weighted by Gasteiger charge is -2.16. The van der Waals surface area contributed by atoms with Crippen LogP contribution in [0.5, 0.6) is 0 Å². The number of nitrogens with zero attached hydrogens (tertiary/aromatic N) is 1. The van der Waals surface area contributed by atoms with E-state index in [1.165, 1.54) is 0 Å². The van der Waals surface area contributed by atoms with Crippen LogP contribution in [0.15, 0.2) is 36.5 Å². The number of benzene rings is 1. The van der Waals surface area contributed by atoms with E-state index < -0.39 is 0 Å². The molecule has 2 N–H and O–H groups in total. The van der Waals surface area contributed by atoms with Crippen LogP contribution in [0.25, 0.3) is 0 Å². The maximum atomic E-state index is 12.2. The summed E-state index contributed by atoms with van der Waals surface area (Å²) in [5.41, 5.74) is 1.35. The molecular formula is C15H15Cl2N3O. The molecule has 2 rings (SSSR count). The normalized spacial score (nSPS) is 11.8. The fourth-order valence-corrected chi connectivity index (χ4v) is 2.49. The number of hydrogen-bond donors (Lipinski definition) is 2. The molecule has 0 aliphatic rings. The molecule has 1 aromatic heterocycles. The third-order valence-electron chi connectivity index (χ3n) is 3.05. The number of carbonyl (C=O) groups is 1. The highest BCUT2D eigenvalue weighted by molar-refractivity contribution is 6.35. The van der Waals surface area contributed by atoms with Gasteiger partial charge in [0.25, 0.3) is 5.91 Å². The molecule has 0 saturated heterocycles. The largest absolute Gasteiger partial charge is 0.373 e. The molecule has 110 valence electrons. The summed E-state index contributed by atoms with van der Waals surface area (Å²) in [5.74, 6) is 0.451. The van der Waals surface area contributed by atoms with E-state index in [0.29, 0.717) is 21.4 Å². The summed E-state index contributed by atoms with van der Waals surface area (Å²) in [6, 6.07) is 8.33. The van der Waals surface area contributed by atoms with Gasteiger partial charge in [-0.25, -0.2) is 4.98 Å². The van der Waals surface area contributed by atoms with E-state index in [0.717, 1.165) is 5.56 Å². The summed E-state index contributed by atoms with van der Waals surface area (Å²) in [7, 11) is 1.75. The lowest BCUT2D eigenvalue weighted by molar-refractivity contribution is 0.0940. The van der Waals surface area contributed by atoms with Gasteiger partial charge >= 0.3 is 0 Å². The molecule has 0 saturated carbocycles. The minimum Gasteiger partial charge on any atom is -0.373 e. The molecule has 0 aliphatic heterocycles. The number of anilines is 1. The second-order valence-corrected chi connectivity index (χ2v) is 5.38. The standard InChI is InChI=1S/C15H15Cl2N3O/c1-9(12-4-3-11(16)8-13(12)17)20-15(21)10-5-6-19-14(7-10)18-2/h3-9H,1-2H3,(H,18,19)(H,20,21). The number of pyridine rings is 1. The Morgan fingerprint density at radius 1 is 1.24 bits per heavy atom. The van der Waals surface area contributed by atoms with Crippen LogP contribution in [0.2, 0.25) is 10.0 Å². The van der Waals surface area contributed by atoms with Crippen molar-refractivity contribution in [2.75, 3.05) is 12.4 Å².